The Kier molecular flexibility index (Phi) is 9.00. The molecule has 0 saturated heterocycles. The Morgan fingerprint density at radius 2 is 1.95 bits per heavy atom. The molecule has 2 heterocycles. The summed E-state index contributed by atoms with van der Waals surface area (Å²) in [6.07, 6.45) is 4.41. The van der Waals surface area contributed by atoms with Gasteiger partial charge in [-0.05, 0) is 75.1 Å². The van der Waals surface area contributed by atoms with Gasteiger partial charge in [-0.2, -0.15) is 0 Å². The molecule has 1 aliphatic rings. The molecule has 2 atom stereocenters. The zero-order valence-corrected chi connectivity index (χ0v) is 24.0. The van der Waals surface area contributed by atoms with E-state index in [4.69, 9.17) is 9.72 Å². The number of hydrogen-bond acceptors (Lipinski definition) is 5. The largest absolute Gasteiger partial charge is 0.497 e. The van der Waals surface area contributed by atoms with Crippen LogP contribution in [0.2, 0.25) is 0 Å². The highest BCUT2D eigenvalue weighted by Gasteiger charge is 2.40. The maximum absolute atomic E-state index is 13.6. The van der Waals surface area contributed by atoms with Crippen LogP contribution in [0.5, 0.6) is 5.75 Å². The monoisotopic (exact) mass is 547 g/mol. The summed E-state index contributed by atoms with van der Waals surface area (Å²) in [6, 6.07) is 17.1. The molecule has 8 heteroatoms. The first-order chi connectivity index (χ1) is 18.7. The van der Waals surface area contributed by atoms with Gasteiger partial charge in [0.05, 0.1) is 23.6 Å². The zero-order valence-electron chi connectivity index (χ0n) is 23.2. The highest BCUT2D eigenvalue weighted by Crippen LogP contribution is 2.44. The van der Waals surface area contributed by atoms with Gasteiger partial charge in [0.1, 0.15) is 22.4 Å². The van der Waals surface area contributed by atoms with E-state index in [-0.39, 0.29) is 18.6 Å². The number of aliphatic hydroxyl groups excluding tert-OH is 1. The van der Waals surface area contributed by atoms with Crippen LogP contribution in [0.4, 0.5) is 0 Å². The second-order valence-electron chi connectivity index (χ2n) is 10.5. The number of hydrogen-bond donors (Lipinski definition) is 2. The summed E-state index contributed by atoms with van der Waals surface area (Å²) in [7, 11) is 0.298. The number of fused-ring (bicyclic) bond motifs is 1. The number of pyridine rings is 1. The number of allylic oxidation sites excluding steroid dienone is 1. The fourth-order valence-corrected chi connectivity index (χ4v) is 6.21. The number of nitrogens with zero attached hydrogens (tertiary/aromatic N) is 2. The van der Waals surface area contributed by atoms with E-state index in [1.54, 1.807) is 7.11 Å². The molecular weight excluding hydrogens is 510 g/mol. The molecule has 206 valence electrons. The first-order valence-electron chi connectivity index (χ1n) is 13.1. The first kappa shape index (κ1) is 28.7. The van der Waals surface area contributed by atoms with Crippen LogP contribution in [0.3, 0.4) is 0 Å². The third-order valence-electron chi connectivity index (χ3n) is 6.65. The minimum atomic E-state index is -1.32. The van der Waals surface area contributed by atoms with Gasteiger partial charge in [-0.1, -0.05) is 42.5 Å². The van der Waals surface area contributed by atoms with E-state index >= 15 is 0 Å². The van der Waals surface area contributed by atoms with E-state index in [9.17, 15) is 14.1 Å². The molecule has 1 aromatic heterocycles. The van der Waals surface area contributed by atoms with Gasteiger partial charge >= 0.3 is 0 Å². The van der Waals surface area contributed by atoms with Crippen molar-refractivity contribution < 1.29 is 18.8 Å². The average Bonchev–Trinajstić information content (AvgIpc) is 3.29. The van der Waals surface area contributed by atoms with Crippen LogP contribution < -0.4 is 10.1 Å². The maximum Gasteiger partial charge on any atom is 0.270 e. The van der Waals surface area contributed by atoms with Crippen molar-refractivity contribution in [2.24, 2.45) is 0 Å². The molecule has 7 nitrogen and oxygen atoms in total. The molecule has 1 amide bonds. The highest BCUT2D eigenvalue weighted by atomic mass is 32.2. The predicted octanol–water partition coefficient (Wildman–Crippen LogP) is 5.42. The number of benzene rings is 2. The van der Waals surface area contributed by atoms with E-state index in [2.05, 4.69) is 5.32 Å². The van der Waals surface area contributed by atoms with Crippen molar-refractivity contribution in [1.82, 2.24) is 14.6 Å². The normalized spacial score (nSPS) is 16.3. The molecule has 0 fully saturated rings. The van der Waals surface area contributed by atoms with E-state index in [0.29, 0.717) is 30.9 Å². The summed E-state index contributed by atoms with van der Waals surface area (Å²) in [5.41, 5.74) is 5.65. The summed E-state index contributed by atoms with van der Waals surface area (Å²) < 4.78 is 20.2. The van der Waals surface area contributed by atoms with Crippen LogP contribution in [0.15, 0.2) is 60.7 Å². The second-order valence-corrected chi connectivity index (χ2v) is 12.7. The van der Waals surface area contributed by atoms with Crippen molar-refractivity contribution in [2.45, 2.75) is 58.0 Å². The van der Waals surface area contributed by atoms with Crippen molar-refractivity contribution in [3.8, 4) is 17.0 Å². The molecule has 4 rings (SSSR count). The number of methoxy groups -OCH3 is 1. The van der Waals surface area contributed by atoms with Gasteiger partial charge < -0.3 is 15.2 Å². The molecule has 2 aromatic carbocycles. The van der Waals surface area contributed by atoms with Crippen LogP contribution in [0.1, 0.15) is 72.9 Å². The Labute approximate surface area is 233 Å². The number of carbonyl (C=O) groups is 1. The molecule has 39 heavy (non-hydrogen) atoms. The van der Waals surface area contributed by atoms with Gasteiger partial charge in [0, 0.05) is 30.8 Å². The number of rotatable bonds is 9. The predicted molar refractivity (Wildman–Crippen MR) is 156 cm³/mol. The molecule has 0 unspecified atom stereocenters. The minimum absolute atomic E-state index is 0.0515. The van der Waals surface area contributed by atoms with Gasteiger partial charge in [0.15, 0.2) is 0 Å². The third kappa shape index (κ3) is 6.46. The van der Waals surface area contributed by atoms with Gasteiger partial charge in [-0.25, -0.2) is 13.5 Å². The lowest BCUT2D eigenvalue weighted by Gasteiger charge is -2.30. The SMILES string of the molecule is C/C=C/c1cccc(-c2nc(C(=O)NCc3ccc(OC)cc3)cc3c2[C@H](CCO)N([S@@](=O)C(C)(C)C)C3)c1. The van der Waals surface area contributed by atoms with Crippen LogP contribution in [0, 0.1) is 0 Å². The fourth-order valence-electron chi connectivity index (χ4n) is 4.80. The van der Waals surface area contributed by atoms with Crippen LogP contribution >= 0.6 is 0 Å². The number of aliphatic hydroxyl groups is 1. The molecule has 0 radical (unpaired) electrons. The molecule has 0 aliphatic carbocycles. The van der Waals surface area contributed by atoms with Crippen molar-refractivity contribution in [3.05, 3.63) is 88.6 Å². The molecule has 0 bridgehead atoms. The van der Waals surface area contributed by atoms with Crippen molar-refractivity contribution >= 4 is 23.0 Å². The number of amides is 1. The second kappa shape index (κ2) is 12.2. The maximum atomic E-state index is 13.6. The molecule has 2 N–H and O–H groups in total. The summed E-state index contributed by atoms with van der Waals surface area (Å²) in [5.74, 6) is 0.471. The lowest BCUT2D eigenvalue weighted by molar-refractivity contribution is 0.0946. The molecule has 0 spiro atoms. The van der Waals surface area contributed by atoms with Crippen molar-refractivity contribution in [1.29, 1.82) is 0 Å². The lowest BCUT2D eigenvalue weighted by Crippen LogP contribution is -2.36. The fraction of sp³-hybridized carbons (Fsp3) is 0.355. The van der Waals surface area contributed by atoms with Crippen LogP contribution in [0.25, 0.3) is 17.3 Å². The van der Waals surface area contributed by atoms with Crippen LogP contribution in [-0.4, -0.2) is 43.0 Å². The minimum Gasteiger partial charge on any atom is -0.497 e. The van der Waals surface area contributed by atoms with E-state index < -0.39 is 15.7 Å². The van der Waals surface area contributed by atoms with E-state index in [0.717, 1.165) is 33.6 Å². The smallest absolute Gasteiger partial charge is 0.270 e. The van der Waals surface area contributed by atoms with Crippen molar-refractivity contribution in [2.75, 3.05) is 13.7 Å². The molecule has 1 aliphatic heterocycles. The van der Waals surface area contributed by atoms with Gasteiger partial charge in [0.25, 0.3) is 5.91 Å². The molecular formula is C31H37N3O4S. The molecule has 3 aromatic rings. The highest BCUT2D eigenvalue weighted by molar-refractivity contribution is 7.84. The molecule has 0 saturated carbocycles. The summed E-state index contributed by atoms with van der Waals surface area (Å²) >= 11 is 0. The first-order valence-corrected chi connectivity index (χ1v) is 14.2. The standard InChI is InChI=1S/C31H37N3O4S/c1-6-8-21-9-7-10-23(17-21)29-28-24(20-34(27(28)15-16-35)39(37)31(2,3)4)18-26(33-29)30(36)32-19-22-11-13-25(38-5)14-12-22/h6-14,17-18,27,35H,15-16,19-20H2,1-5H3,(H,32,36)/b8-6+/t27-,39-/m0/s1. The zero-order chi connectivity index (χ0) is 28.2. The summed E-state index contributed by atoms with van der Waals surface area (Å²) in [6.45, 7) is 8.50. The van der Waals surface area contributed by atoms with E-state index in [1.165, 1.54) is 0 Å². The number of carbonyl (C=O) groups excluding carboxylic acids is 1. The lowest BCUT2D eigenvalue weighted by atomic mass is 9.95. The number of ether oxygens (including phenoxy) is 1. The van der Waals surface area contributed by atoms with Gasteiger partial charge in [-0.15, -0.1) is 0 Å². The number of aromatic nitrogens is 1. The average molecular weight is 548 g/mol. The van der Waals surface area contributed by atoms with Crippen molar-refractivity contribution in [3.63, 3.8) is 0 Å². The Bertz CT molecular complexity index is 1380. The quantitative estimate of drug-likeness (QED) is 0.373. The van der Waals surface area contributed by atoms with E-state index in [1.807, 2.05) is 98.7 Å². The Morgan fingerprint density at radius 1 is 1.21 bits per heavy atom. The third-order valence-corrected chi connectivity index (χ3v) is 8.51. The topological polar surface area (TPSA) is 91.8 Å². The summed E-state index contributed by atoms with van der Waals surface area (Å²) in [4.78, 5) is 18.2. The summed E-state index contributed by atoms with van der Waals surface area (Å²) in [5, 5.41) is 12.9. The van der Waals surface area contributed by atoms with Gasteiger partial charge in [0.2, 0.25) is 0 Å². The number of nitrogens with one attached hydrogen (secondary N) is 1. The Hall–Kier alpha value is -3.33. The Balaban J connectivity index is 1.76. The Morgan fingerprint density at radius 3 is 2.59 bits per heavy atom. The van der Waals surface area contributed by atoms with Gasteiger partial charge in [-0.3, -0.25) is 4.79 Å². The van der Waals surface area contributed by atoms with Crippen LogP contribution in [-0.2, 0) is 24.1 Å².